The lowest BCUT2D eigenvalue weighted by atomic mass is 10.1. The van der Waals surface area contributed by atoms with Gasteiger partial charge in [0.15, 0.2) is 0 Å². The summed E-state index contributed by atoms with van der Waals surface area (Å²) in [6.45, 7) is 0. The Hall–Kier alpha value is -1.58. The monoisotopic (exact) mass is 263 g/mol. The molecule has 0 atom stereocenters. The Morgan fingerprint density at radius 3 is 2.76 bits per heavy atom. The third kappa shape index (κ3) is 1.88. The molecule has 0 unspecified atom stereocenters. The molecule has 0 saturated heterocycles. The molecule has 5 heteroatoms. The molecule has 0 spiro atoms. The standard InChI is InChI=1S/C12H7Cl2N3/c13-8-3-1-2-7(4-8)11-9-5-10(14)17-12(9)16-6-15-11/h1-6H,(H,15,16,17). The molecule has 0 saturated carbocycles. The van der Waals surface area contributed by atoms with E-state index in [1.165, 1.54) is 6.33 Å². The number of rotatable bonds is 1. The van der Waals surface area contributed by atoms with Crippen molar-refractivity contribution in [2.45, 2.75) is 0 Å². The van der Waals surface area contributed by atoms with Crippen molar-refractivity contribution in [3.63, 3.8) is 0 Å². The summed E-state index contributed by atoms with van der Waals surface area (Å²) >= 11 is 11.9. The van der Waals surface area contributed by atoms with E-state index >= 15 is 0 Å². The van der Waals surface area contributed by atoms with Crippen LogP contribution in [0.25, 0.3) is 22.3 Å². The number of halogens is 2. The average Bonchev–Trinajstić information content (AvgIpc) is 2.68. The molecule has 1 aromatic carbocycles. The van der Waals surface area contributed by atoms with E-state index in [9.17, 15) is 0 Å². The molecule has 0 fully saturated rings. The fraction of sp³-hybridized carbons (Fsp3) is 0. The fourth-order valence-corrected chi connectivity index (χ4v) is 2.16. The number of hydrogen-bond donors (Lipinski definition) is 1. The molecule has 84 valence electrons. The van der Waals surface area contributed by atoms with Gasteiger partial charge in [-0.05, 0) is 18.2 Å². The number of nitrogens with one attached hydrogen (secondary N) is 1. The summed E-state index contributed by atoms with van der Waals surface area (Å²) in [5.41, 5.74) is 2.49. The third-order valence-corrected chi connectivity index (χ3v) is 2.93. The van der Waals surface area contributed by atoms with Crippen LogP contribution in [0.15, 0.2) is 36.7 Å². The van der Waals surface area contributed by atoms with Gasteiger partial charge in [0.1, 0.15) is 17.1 Å². The summed E-state index contributed by atoms with van der Waals surface area (Å²) in [5, 5.41) is 2.11. The summed E-state index contributed by atoms with van der Waals surface area (Å²) in [6, 6.07) is 9.35. The van der Waals surface area contributed by atoms with E-state index in [1.807, 2.05) is 30.3 Å². The topological polar surface area (TPSA) is 41.6 Å². The van der Waals surface area contributed by atoms with Crippen LogP contribution < -0.4 is 0 Å². The smallest absolute Gasteiger partial charge is 0.142 e. The molecule has 0 amide bonds. The van der Waals surface area contributed by atoms with E-state index < -0.39 is 0 Å². The zero-order chi connectivity index (χ0) is 11.8. The zero-order valence-electron chi connectivity index (χ0n) is 8.61. The van der Waals surface area contributed by atoms with Crippen molar-refractivity contribution in [1.29, 1.82) is 0 Å². The van der Waals surface area contributed by atoms with Gasteiger partial charge in [-0.3, -0.25) is 0 Å². The predicted molar refractivity (Wildman–Crippen MR) is 69.3 cm³/mol. The molecule has 17 heavy (non-hydrogen) atoms. The van der Waals surface area contributed by atoms with Crippen molar-refractivity contribution in [3.05, 3.63) is 46.8 Å². The second kappa shape index (κ2) is 4.02. The zero-order valence-corrected chi connectivity index (χ0v) is 10.1. The van der Waals surface area contributed by atoms with Gasteiger partial charge in [-0.25, -0.2) is 9.97 Å². The summed E-state index contributed by atoms with van der Waals surface area (Å²) in [7, 11) is 0. The molecule has 3 nitrogen and oxygen atoms in total. The van der Waals surface area contributed by atoms with Crippen molar-refractivity contribution in [3.8, 4) is 11.3 Å². The maximum Gasteiger partial charge on any atom is 0.142 e. The van der Waals surface area contributed by atoms with Crippen LogP contribution in [-0.2, 0) is 0 Å². The molecular weight excluding hydrogens is 257 g/mol. The van der Waals surface area contributed by atoms with Crippen LogP contribution in [0.5, 0.6) is 0 Å². The first-order valence-electron chi connectivity index (χ1n) is 4.99. The van der Waals surface area contributed by atoms with Crippen LogP contribution in [0.4, 0.5) is 0 Å². The number of nitrogens with zero attached hydrogens (tertiary/aromatic N) is 2. The van der Waals surface area contributed by atoms with Crippen molar-refractivity contribution in [1.82, 2.24) is 15.0 Å². The molecular formula is C12H7Cl2N3. The molecule has 0 aliphatic heterocycles. The second-order valence-electron chi connectivity index (χ2n) is 3.61. The van der Waals surface area contributed by atoms with Gasteiger partial charge in [-0.2, -0.15) is 0 Å². The van der Waals surface area contributed by atoms with Crippen LogP contribution in [0.1, 0.15) is 0 Å². The first-order valence-corrected chi connectivity index (χ1v) is 5.75. The van der Waals surface area contributed by atoms with Gasteiger partial charge < -0.3 is 4.98 Å². The Morgan fingerprint density at radius 1 is 1.06 bits per heavy atom. The average molecular weight is 264 g/mol. The maximum absolute atomic E-state index is 5.97. The number of benzene rings is 1. The maximum atomic E-state index is 5.97. The van der Waals surface area contributed by atoms with Crippen LogP contribution >= 0.6 is 23.2 Å². The fourth-order valence-electron chi connectivity index (χ4n) is 1.77. The molecule has 0 aliphatic rings. The van der Waals surface area contributed by atoms with Crippen LogP contribution in [0.3, 0.4) is 0 Å². The van der Waals surface area contributed by atoms with Crippen LogP contribution in [0.2, 0.25) is 10.2 Å². The van der Waals surface area contributed by atoms with Gasteiger partial charge in [0.25, 0.3) is 0 Å². The van der Waals surface area contributed by atoms with Crippen molar-refractivity contribution < 1.29 is 0 Å². The predicted octanol–water partition coefficient (Wildman–Crippen LogP) is 3.93. The van der Waals surface area contributed by atoms with Crippen molar-refractivity contribution in [2.75, 3.05) is 0 Å². The Kier molecular flexibility index (Phi) is 2.50. The van der Waals surface area contributed by atoms with Gasteiger partial charge in [-0.1, -0.05) is 35.3 Å². The van der Waals surface area contributed by atoms with E-state index in [1.54, 1.807) is 0 Å². The van der Waals surface area contributed by atoms with Crippen molar-refractivity contribution >= 4 is 34.2 Å². The SMILES string of the molecule is Clc1cccc(-c2ncnc3[nH]c(Cl)cc23)c1. The lowest BCUT2D eigenvalue weighted by molar-refractivity contribution is 1.20. The summed E-state index contributed by atoms with van der Waals surface area (Å²) < 4.78 is 0. The van der Waals surface area contributed by atoms with E-state index in [0.717, 1.165) is 22.3 Å². The number of hydrogen-bond acceptors (Lipinski definition) is 2. The number of H-pyrrole nitrogens is 1. The minimum Gasteiger partial charge on any atom is -0.330 e. The molecule has 3 aromatic rings. The minimum atomic E-state index is 0.545. The van der Waals surface area contributed by atoms with Crippen LogP contribution in [-0.4, -0.2) is 15.0 Å². The largest absolute Gasteiger partial charge is 0.330 e. The van der Waals surface area contributed by atoms with Gasteiger partial charge in [0.2, 0.25) is 0 Å². The Bertz CT molecular complexity index is 691. The molecule has 3 rings (SSSR count). The van der Waals surface area contributed by atoms with Crippen LogP contribution in [0, 0.1) is 0 Å². The summed E-state index contributed by atoms with van der Waals surface area (Å²) in [6.07, 6.45) is 1.51. The summed E-state index contributed by atoms with van der Waals surface area (Å²) in [5.74, 6) is 0. The lowest BCUT2D eigenvalue weighted by Crippen LogP contribution is -1.86. The molecule has 2 aromatic heterocycles. The molecule has 1 N–H and O–H groups in total. The number of aromatic nitrogens is 3. The quantitative estimate of drug-likeness (QED) is 0.723. The van der Waals surface area contributed by atoms with E-state index in [0.29, 0.717) is 10.2 Å². The minimum absolute atomic E-state index is 0.545. The third-order valence-electron chi connectivity index (χ3n) is 2.49. The van der Waals surface area contributed by atoms with E-state index in [4.69, 9.17) is 23.2 Å². The first kappa shape index (κ1) is 10.6. The second-order valence-corrected chi connectivity index (χ2v) is 4.46. The van der Waals surface area contributed by atoms with E-state index in [2.05, 4.69) is 15.0 Å². The van der Waals surface area contributed by atoms with Crippen molar-refractivity contribution in [2.24, 2.45) is 0 Å². The van der Waals surface area contributed by atoms with Gasteiger partial charge in [0, 0.05) is 16.0 Å². The molecule has 0 radical (unpaired) electrons. The highest BCUT2D eigenvalue weighted by Crippen LogP contribution is 2.28. The number of fused-ring (bicyclic) bond motifs is 1. The highest BCUT2D eigenvalue weighted by molar-refractivity contribution is 6.31. The molecule has 2 heterocycles. The van der Waals surface area contributed by atoms with E-state index in [-0.39, 0.29) is 0 Å². The number of aromatic amines is 1. The van der Waals surface area contributed by atoms with Gasteiger partial charge in [0.05, 0.1) is 5.69 Å². The first-order chi connectivity index (χ1) is 8.24. The normalized spacial score (nSPS) is 10.9. The lowest BCUT2D eigenvalue weighted by Gasteiger charge is -2.02. The molecule has 0 bridgehead atoms. The Balaban J connectivity index is 2.30. The van der Waals surface area contributed by atoms with Gasteiger partial charge >= 0.3 is 0 Å². The van der Waals surface area contributed by atoms with Gasteiger partial charge in [-0.15, -0.1) is 0 Å². The molecule has 0 aliphatic carbocycles. The Labute approximate surface area is 107 Å². The highest BCUT2D eigenvalue weighted by Gasteiger charge is 2.09. The highest BCUT2D eigenvalue weighted by atomic mass is 35.5. The summed E-state index contributed by atoms with van der Waals surface area (Å²) in [4.78, 5) is 11.4. The Morgan fingerprint density at radius 2 is 1.94 bits per heavy atom.